The quantitative estimate of drug-likeness (QED) is 0.907. The van der Waals surface area contributed by atoms with Gasteiger partial charge in [-0.25, -0.2) is 0 Å². The Bertz CT molecular complexity index is 545. The van der Waals surface area contributed by atoms with Crippen molar-refractivity contribution in [2.75, 3.05) is 14.2 Å². The molecule has 1 aromatic carbocycles. The van der Waals surface area contributed by atoms with E-state index in [0.29, 0.717) is 0 Å². The van der Waals surface area contributed by atoms with Crippen LogP contribution in [-0.4, -0.2) is 20.1 Å². The van der Waals surface area contributed by atoms with E-state index in [-0.39, 0.29) is 17.4 Å². The zero-order valence-corrected chi connectivity index (χ0v) is 13.5. The Kier molecular flexibility index (Phi) is 4.27. The van der Waals surface area contributed by atoms with Crippen LogP contribution in [-0.2, 0) is 10.3 Å². The molecule has 2 saturated carbocycles. The third kappa shape index (κ3) is 2.92. The number of carbonyl (C=O) groups is 1. The number of amides is 1. The van der Waals surface area contributed by atoms with Crippen molar-refractivity contribution in [3.8, 4) is 11.5 Å². The fraction of sp³-hybridized carbons (Fsp3) is 0.611. The maximum atomic E-state index is 12.5. The minimum absolute atomic E-state index is 0.186. The zero-order chi connectivity index (χ0) is 15.6. The van der Waals surface area contributed by atoms with Crippen molar-refractivity contribution in [3.63, 3.8) is 0 Å². The highest BCUT2D eigenvalue weighted by molar-refractivity contribution is 5.80. The Morgan fingerprint density at radius 1 is 1.09 bits per heavy atom. The maximum Gasteiger partial charge on any atom is 0.223 e. The third-order valence-corrected chi connectivity index (χ3v) is 5.02. The Morgan fingerprint density at radius 2 is 1.77 bits per heavy atom. The molecule has 0 atom stereocenters. The summed E-state index contributed by atoms with van der Waals surface area (Å²) in [4.78, 5) is 12.5. The van der Waals surface area contributed by atoms with Gasteiger partial charge in [0.05, 0.1) is 19.8 Å². The topological polar surface area (TPSA) is 47.6 Å². The lowest BCUT2D eigenvalue weighted by atomic mass is 9.88. The highest BCUT2D eigenvalue weighted by Crippen LogP contribution is 2.48. The van der Waals surface area contributed by atoms with E-state index in [9.17, 15) is 4.79 Å². The molecule has 0 aliphatic heterocycles. The molecule has 120 valence electrons. The van der Waals surface area contributed by atoms with Gasteiger partial charge < -0.3 is 14.8 Å². The van der Waals surface area contributed by atoms with E-state index < -0.39 is 0 Å². The van der Waals surface area contributed by atoms with E-state index >= 15 is 0 Å². The van der Waals surface area contributed by atoms with Crippen LogP contribution in [0.5, 0.6) is 11.5 Å². The minimum Gasteiger partial charge on any atom is -0.493 e. The van der Waals surface area contributed by atoms with Crippen LogP contribution in [0.4, 0.5) is 0 Å². The highest BCUT2D eigenvalue weighted by Gasteiger charge is 2.46. The molecule has 1 amide bonds. The SMILES string of the molecule is COc1ccc(C2(NC(=O)C3CCCCC3)CC2)cc1OC. The standard InChI is InChI=1S/C18H25NO3/c1-21-15-9-8-14(12-16(15)22-2)18(10-11-18)19-17(20)13-6-4-3-5-7-13/h8-9,12-13H,3-7,10-11H2,1-2H3,(H,19,20). The van der Waals surface area contributed by atoms with Crippen LogP contribution in [0, 0.1) is 5.92 Å². The van der Waals surface area contributed by atoms with Crippen LogP contribution in [0.2, 0.25) is 0 Å². The summed E-state index contributed by atoms with van der Waals surface area (Å²) >= 11 is 0. The van der Waals surface area contributed by atoms with Gasteiger partial charge in [0.2, 0.25) is 5.91 Å². The van der Waals surface area contributed by atoms with Crippen LogP contribution < -0.4 is 14.8 Å². The third-order valence-electron chi connectivity index (χ3n) is 5.02. The van der Waals surface area contributed by atoms with E-state index in [2.05, 4.69) is 5.32 Å². The molecular formula is C18H25NO3. The Hall–Kier alpha value is -1.71. The van der Waals surface area contributed by atoms with Gasteiger partial charge in [-0.05, 0) is 43.4 Å². The van der Waals surface area contributed by atoms with Crippen molar-refractivity contribution in [3.05, 3.63) is 23.8 Å². The predicted molar refractivity (Wildman–Crippen MR) is 85.2 cm³/mol. The summed E-state index contributed by atoms with van der Waals surface area (Å²) in [5, 5.41) is 3.31. The first-order chi connectivity index (χ1) is 10.7. The van der Waals surface area contributed by atoms with E-state index in [1.165, 1.54) is 19.3 Å². The summed E-state index contributed by atoms with van der Waals surface area (Å²) in [5.41, 5.74) is 0.933. The summed E-state index contributed by atoms with van der Waals surface area (Å²) in [7, 11) is 3.27. The van der Waals surface area contributed by atoms with E-state index in [4.69, 9.17) is 9.47 Å². The smallest absolute Gasteiger partial charge is 0.223 e. The highest BCUT2D eigenvalue weighted by atomic mass is 16.5. The number of methoxy groups -OCH3 is 2. The first-order valence-electron chi connectivity index (χ1n) is 8.23. The molecular weight excluding hydrogens is 278 g/mol. The van der Waals surface area contributed by atoms with Crippen molar-refractivity contribution in [2.24, 2.45) is 5.92 Å². The van der Waals surface area contributed by atoms with Crippen LogP contribution in [0.3, 0.4) is 0 Å². The molecule has 0 radical (unpaired) electrons. The maximum absolute atomic E-state index is 12.5. The zero-order valence-electron chi connectivity index (χ0n) is 13.5. The molecule has 2 fully saturated rings. The summed E-state index contributed by atoms with van der Waals surface area (Å²) < 4.78 is 10.7. The molecule has 1 aromatic rings. The van der Waals surface area contributed by atoms with Crippen molar-refractivity contribution in [1.82, 2.24) is 5.32 Å². The molecule has 2 aliphatic carbocycles. The second-order valence-corrected chi connectivity index (χ2v) is 6.48. The summed E-state index contributed by atoms with van der Waals surface area (Å²) in [6, 6.07) is 5.95. The average molecular weight is 303 g/mol. The summed E-state index contributed by atoms with van der Waals surface area (Å²) in [5.74, 6) is 1.87. The van der Waals surface area contributed by atoms with Crippen molar-refractivity contribution in [2.45, 2.75) is 50.5 Å². The van der Waals surface area contributed by atoms with Crippen LogP contribution in [0.1, 0.15) is 50.5 Å². The number of benzene rings is 1. The molecule has 0 heterocycles. The molecule has 0 saturated heterocycles. The Morgan fingerprint density at radius 3 is 2.36 bits per heavy atom. The number of nitrogens with one attached hydrogen (secondary N) is 1. The molecule has 0 bridgehead atoms. The largest absolute Gasteiger partial charge is 0.493 e. The Balaban J connectivity index is 1.74. The van der Waals surface area contributed by atoms with E-state index in [0.717, 1.165) is 42.7 Å². The second-order valence-electron chi connectivity index (χ2n) is 6.48. The summed E-state index contributed by atoms with van der Waals surface area (Å²) in [6.07, 6.45) is 7.71. The lowest BCUT2D eigenvalue weighted by molar-refractivity contribution is -0.127. The average Bonchev–Trinajstić information content (AvgIpc) is 3.35. The lowest BCUT2D eigenvalue weighted by Crippen LogP contribution is -2.39. The van der Waals surface area contributed by atoms with Gasteiger partial charge in [0, 0.05) is 5.92 Å². The van der Waals surface area contributed by atoms with Crippen molar-refractivity contribution < 1.29 is 14.3 Å². The molecule has 4 heteroatoms. The molecule has 3 rings (SSSR count). The molecule has 0 unspecified atom stereocenters. The van der Waals surface area contributed by atoms with Gasteiger partial charge in [0.25, 0.3) is 0 Å². The van der Waals surface area contributed by atoms with Gasteiger partial charge in [-0.1, -0.05) is 25.3 Å². The van der Waals surface area contributed by atoms with Crippen molar-refractivity contribution >= 4 is 5.91 Å². The molecule has 22 heavy (non-hydrogen) atoms. The van der Waals surface area contributed by atoms with Gasteiger partial charge in [0.1, 0.15) is 0 Å². The van der Waals surface area contributed by atoms with Crippen molar-refractivity contribution in [1.29, 1.82) is 0 Å². The van der Waals surface area contributed by atoms with Crippen LogP contribution in [0.25, 0.3) is 0 Å². The monoisotopic (exact) mass is 303 g/mol. The number of rotatable bonds is 5. The van der Waals surface area contributed by atoms with Crippen LogP contribution in [0.15, 0.2) is 18.2 Å². The predicted octanol–water partition coefficient (Wildman–Crippen LogP) is 3.39. The number of hydrogen-bond donors (Lipinski definition) is 1. The number of ether oxygens (including phenoxy) is 2. The minimum atomic E-state index is -0.186. The fourth-order valence-corrected chi connectivity index (χ4v) is 3.45. The number of carbonyl (C=O) groups excluding carboxylic acids is 1. The van der Waals surface area contributed by atoms with E-state index in [1.54, 1.807) is 14.2 Å². The van der Waals surface area contributed by atoms with E-state index in [1.807, 2.05) is 18.2 Å². The fourth-order valence-electron chi connectivity index (χ4n) is 3.45. The number of hydrogen-bond acceptors (Lipinski definition) is 3. The van der Waals surface area contributed by atoms with Gasteiger partial charge in [0.15, 0.2) is 11.5 Å². The Labute approximate surface area is 132 Å². The molecule has 2 aliphatic rings. The molecule has 0 spiro atoms. The lowest BCUT2D eigenvalue weighted by Gasteiger charge is -2.25. The normalized spacial score (nSPS) is 20.3. The molecule has 0 aromatic heterocycles. The van der Waals surface area contributed by atoms with Gasteiger partial charge in [-0.2, -0.15) is 0 Å². The van der Waals surface area contributed by atoms with Gasteiger partial charge >= 0.3 is 0 Å². The van der Waals surface area contributed by atoms with Gasteiger partial charge in [-0.15, -0.1) is 0 Å². The van der Waals surface area contributed by atoms with Gasteiger partial charge in [-0.3, -0.25) is 4.79 Å². The van der Waals surface area contributed by atoms with Crippen LogP contribution >= 0.6 is 0 Å². The first-order valence-corrected chi connectivity index (χ1v) is 8.23. The summed E-state index contributed by atoms with van der Waals surface area (Å²) in [6.45, 7) is 0. The second kappa shape index (κ2) is 6.19. The first kappa shape index (κ1) is 15.2. The molecule has 1 N–H and O–H groups in total. The molecule has 4 nitrogen and oxygen atoms in total.